The summed E-state index contributed by atoms with van der Waals surface area (Å²) in [6.45, 7) is 4.82. The molecular weight excluding hydrogens is 439 g/mol. The number of nitrogen functional groups attached to an aromatic ring is 1. The molecule has 0 saturated carbocycles. The van der Waals surface area contributed by atoms with Gasteiger partial charge in [-0.15, -0.1) is 0 Å². The SMILES string of the molecule is CCCC1CN(C(=O)CC2CCCCN2)CCN1c1nc(N)c2cc(OC)c(OC)c(F)c2n1. The predicted octanol–water partition coefficient (Wildman–Crippen LogP) is 2.72. The van der Waals surface area contributed by atoms with E-state index in [1.807, 2.05) is 4.90 Å². The number of halogens is 1. The number of fused-ring (bicyclic) bond motifs is 1. The lowest BCUT2D eigenvalue weighted by atomic mass is 10.0. The third-order valence-corrected chi connectivity index (χ3v) is 6.84. The first kappa shape index (κ1) is 24.3. The maximum absolute atomic E-state index is 15.3. The van der Waals surface area contributed by atoms with Crippen molar-refractivity contribution in [2.45, 2.75) is 57.5 Å². The van der Waals surface area contributed by atoms with Gasteiger partial charge in [0.1, 0.15) is 11.3 Å². The number of carbonyl (C=O) groups is 1. The fourth-order valence-electron chi connectivity index (χ4n) is 5.03. The van der Waals surface area contributed by atoms with Crippen LogP contribution < -0.4 is 25.4 Å². The summed E-state index contributed by atoms with van der Waals surface area (Å²) < 4.78 is 25.7. The number of methoxy groups -OCH3 is 2. The van der Waals surface area contributed by atoms with Crippen molar-refractivity contribution in [1.82, 2.24) is 20.2 Å². The number of hydrogen-bond donors (Lipinski definition) is 2. The Kier molecular flexibility index (Phi) is 7.55. The highest BCUT2D eigenvalue weighted by molar-refractivity contribution is 5.92. The first-order valence-corrected chi connectivity index (χ1v) is 12.1. The largest absolute Gasteiger partial charge is 0.493 e. The fraction of sp³-hybridized carbons (Fsp3) is 0.625. The van der Waals surface area contributed by atoms with E-state index in [0.717, 1.165) is 25.8 Å². The molecule has 1 aromatic heterocycles. The molecule has 10 heteroatoms. The van der Waals surface area contributed by atoms with Gasteiger partial charge < -0.3 is 30.3 Å². The summed E-state index contributed by atoms with van der Waals surface area (Å²) in [5.74, 6) is 0.317. The first-order valence-electron chi connectivity index (χ1n) is 12.1. The van der Waals surface area contributed by atoms with Crippen molar-refractivity contribution in [2.75, 3.05) is 51.0 Å². The normalized spacial score (nSPS) is 21.1. The molecule has 1 amide bonds. The summed E-state index contributed by atoms with van der Waals surface area (Å²) in [6.07, 6.45) is 5.73. The van der Waals surface area contributed by atoms with E-state index in [1.54, 1.807) is 6.07 Å². The van der Waals surface area contributed by atoms with Crippen molar-refractivity contribution in [2.24, 2.45) is 0 Å². The van der Waals surface area contributed by atoms with Crippen LogP contribution in [0.5, 0.6) is 11.5 Å². The van der Waals surface area contributed by atoms with Gasteiger partial charge >= 0.3 is 0 Å². The number of anilines is 2. The zero-order valence-corrected chi connectivity index (χ0v) is 20.3. The van der Waals surface area contributed by atoms with E-state index in [0.29, 0.717) is 37.4 Å². The van der Waals surface area contributed by atoms with Gasteiger partial charge in [0.05, 0.1) is 14.2 Å². The van der Waals surface area contributed by atoms with Crippen LogP contribution in [0.25, 0.3) is 10.9 Å². The van der Waals surface area contributed by atoms with Crippen LogP contribution >= 0.6 is 0 Å². The van der Waals surface area contributed by atoms with Crippen molar-refractivity contribution >= 4 is 28.6 Å². The number of carbonyl (C=O) groups excluding carboxylic acids is 1. The van der Waals surface area contributed by atoms with Gasteiger partial charge in [-0.1, -0.05) is 19.8 Å². The Morgan fingerprint density at radius 1 is 1.26 bits per heavy atom. The number of rotatable bonds is 7. The molecule has 9 nitrogen and oxygen atoms in total. The van der Waals surface area contributed by atoms with Crippen molar-refractivity contribution in [3.05, 3.63) is 11.9 Å². The first-order chi connectivity index (χ1) is 16.5. The minimum Gasteiger partial charge on any atom is -0.493 e. The lowest BCUT2D eigenvalue weighted by Crippen LogP contribution is -2.56. The van der Waals surface area contributed by atoms with E-state index in [-0.39, 0.29) is 40.8 Å². The molecule has 0 spiro atoms. The third kappa shape index (κ3) is 4.82. The molecule has 0 bridgehead atoms. The van der Waals surface area contributed by atoms with Crippen molar-refractivity contribution in [1.29, 1.82) is 0 Å². The smallest absolute Gasteiger partial charge is 0.228 e. The molecule has 4 rings (SSSR count). The second kappa shape index (κ2) is 10.6. The molecule has 2 aliphatic heterocycles. The number of aromatic nitrogens is 2. The second-order valence-electron chi connectivity index (χ2n) is 9.06. The summed E-state index contributed by atoms with van der Waals surface area (Å²) in [5.41, 5.74) is 6.33. The molecule has 186 valence electrons. The zero-order valence-electron chi connectivity index (χ0n) is 20.3. The number of ether oxygens (including phenoxy) is 2. The van der Waals surface area contributed by atoms with Gasteiger partial charge in [0, 0.05) is 43.5 Å². The van der Waals surface area contributed by atoms with Gasteiger partial charge in [-0.2, -0.15) is 4.98 Å². The van der Waals surface area contributed by atoms with Crippen LogP contribution in [0.3, 0.4) is 0 Å². The zero-order chi connectivity index (χ0) is 24.2. The van der Waals surface area contributed by atoms with Gasteiger partial charge in [0.15, 0.2) is 17.3 Å². The van der Waals surface area contributed by atoms with Crippen LogP contribution in [0.4, 0.5) is 16.2 Å². The minimum atomic E-state index is -0.631. The molecule has 1 aromatic carbocycles. The Labute approximate surface area is 199 Å². The molecule has 3 N–H and O–H groups in total. The Hall–Kier alpha value is -2.88. The lowest BCUT2D eigenvalue weighted by Gasteiger charge is -2.42. The molecule has 2 unspecified atom stereocenters. The number of nitrogens with one attached hydrogen (secondary N) is 1. The van der Waals surface area contributed by atoms with E-state index < -0.39 is 5.82 Å². The highest BCUT2D eigenvalue weighted by atomic mass is 19.1. The highest BCUT2D eigenvalue weighted by Crippen LogP contribution is 2.38. The van der Waals surface area contributed by atoms with Crippen molar-refractivity contribution in [3.8, 4) is 11.5 Å². The summed E-state index contributed by atoms with van der Waals surface area (Å²) in [7, 11) is 2.82. The molecule has 2 aromatic rings. The summed E-state index contributed by atoms with van der Waals surface area (Å²) >= 11 is 0. The van der Waals surface area contributed by atoms with E-state index in [9.17, 15) is 4.79 Å². The van der Waals surface area contributed by atoms with E-state index in [4.69, 9.17) is 15.2 Å². The van der Waals surface area contributed by atoms with Gasteiger partial charge in [0.2, 0.25) is 11.9 Å². The maximum Gasteiger partial charge on any atom is 0.228 e. The van der Waals surface area contributed by atoms with Gasteiger partial charge in [-0.25, -0.2) is 9.37 Å². The van der Waals surface area contributed by atoms with Crippen LogP contribution in [0.2, 0.25) is 0 Å². The number of piperidine rings is 1. The predicted molar refractivity (Wildman–Crippen MR) is 130 cm³/mol. The summed E-state index contributed by atoms with van der Waals surface area (Å²) in [4.78, 5) is 26.1. The summed E-state index contributed by atoms with van der Waals surface area (Å²) in [5, 5.41) is 3.83. The van der Waals surface area contributed by atoms with Crippen LogP contribution in [0.15, 0.2) is 6.07 Å². The molecule has 34 heavy (non-hydrogen) atoms. The maximum atomic E-state index is 15.3. The van der Waals surface area contributed by atoms with Gasteiger partial charge in [-0.3, -0.25) is 4.79 Å². The van der Waals surface area contributed by atoms with Gasteiger partial charge in [0.25, 0.3) is 0 Å². The number of benzene rings is 1. The monoisotopic (exact) mass is 474 g/mol. The second-order valence-corrected chi connectivity index (χ2v) is 9.06. The topological polar surface area (TPSA) is 106 Å². The molecule has 2 atom stereocenters. The molecular formula is C24H35FN6O3. The average molecular weight is 475 g/mol. The number of amides is 1. The Morgan fingerprint density at radius 2 is 2.09 bits per heavy atom. The van der Waals surface area contributed by atoms with Crippen LogP contribution in [0.1, 0.15) is 45.4 Å². The molecule has 0 aliphatic carbocycles. The van der Waals surface area contributed by atoms with Crippen LogP contribution in [-0.4, -0.2) is 73.3 Å². The standard InChI is InChI=1S/C24H35FN6O3/c1-4-7-16-14-30(19(32)12-15-8-5-6-9-27-15)10-11-31(16)24-28-21-17(23(26)29-24)13-18(33-2)22(34-3)20(21)25/h13,15-16,27H,4-12,14H2,1-3H3,(H2,26,28,29). The van der Waals surface area contributed by atoms with E-state index >= 15 is 4.39 Å². The molecule has 2 fully saturated rings. The Bertz CT molecular complexity index is 1030. The van der Waals surface area contributed by atoms with E-state index in [2.05, 4.69) is 27.1 Å². The minimum absolute atomic E-state index is 0.0177. The highest BCUT2D eigenvalue weighted by Gasteiger charge is 2.32. The van der Waals surface area contributed by atoms with Crippen molar-refractivity contribution < 1.29 is 18.7 Å². The van der Waals surface area contributed by atoms with Gasteiger partial charge in [-0.05, 0) is 31.9 Å². The average Bonchev–Trinajstić information content (AvgIpc) is 2.85. The molecule has 2 aliphatic rings. The lowest BCUT2D eigenvalue weighted by molar-refractivity contribution is -0.132. The third-order valence-electron chi connectivity index (χ3n) is 6.84. The van der Waals surface area contributed by atoms with Crippen LogP contribution in [0, 0.1) is 5.82 Å². The number of hydrogen-bond acceptors (Lipinski definition) is 8. The Morgan fingerprint density at radius 3 is 2.76 bits per heavy atom. The fourth-order valence-corrected chi connectivity index (χ4v) is 5.03. The molecule has 3 heterocycles. The number of piperazine rings is 1. The number of nitrogens with zero attached hydrogens (tertiary/aromatic N) is 4. The van der Waals surface area contributed by atoms with E-state index in [1.165, 1.54) is 27.1 Å². The number of nitrogens with two attached hydrogens (primary N) is 1. The molecule has 0 radical (unpaired) electrons. The Balaban J connectivity index is 1.58. The molecule has 2 saturated heterocycles. The van der Waals surface area contributed by atoms with Crippen molar-refractivity contribution in [3.63, 3.8) is 0 Å². The quantitative estimate of drug-likeness (QED) is 0.631. The van der Waals surface area contributed by atoms with Crippen LogP contribution in [-0.2, 0) is 4.79 Å². The summed E-state index contributed by atoms with van der Waals surface area (Å²) in [6, 6.07) is 1.89.